The van der Waals surface area contributed by atoms with Crippen LogP contribution in [-0.4, -0.2) is 66.0 Å². The molecule has 3 atom stereocenters. The number of rotatable bonds is 11. The molecule has 1 saturated heterocycles. The molecule has 2 aliphatic rings. The van der Waals surface area contributed by atoms with Crippen LogP contribution in [0, 0.1) is 0 Å². The Morgan fingerprint density at radius 1 is 1.21 bits per heavy atom. The summed E-state index contributed by atoms with van der Waals surface area (Å²) < 4.78 is 76.4. The molecule has 194 valence electrons. The van der Waals surface area contributed by atoms with Crippen LogP contribution in [0.25, 0.3) is 0 Å². The van der Waals surface area contributed by atoms with Crippen LogP contribution >= 0.6 is 0 Å². The maximum Gasteiger partial charge on any atom is 0.405 e. The quantitative estimate of drug-likeness (QED) is 0.244. The molecule has 14 heteroatoms. The predicted molar refractivity (Wildman–Crippen MR) is 108 cm³/mol. The highest BCUT2D eigenvalue weighted by molar-refractivity contribution is 7.86. The fourth-order valence-electron chi connectivity index (χ4n) is 3.91. The van der Waals surface area contributed by atoms with Gasteiger partial charge in [0.1, 0.15) is 5.60 Å². The van der Waals surface area contributed by atoms with Gasteiger partial charge in [-0.1, -0.05) is 13.3 Å². The van der Waals surface area contributed by atoms with Gasteiger partial charge in [-0.05, 0) is 39.0 Å². The number of alkyl halides is 2. The van der Waals surface area contributed by atoms with E-state index in [1.165, 1.54) is 0 Å². The van der Waals surface area contributed by atoms with Crippen molar-refractivity contribution in [1.82, 2.24) is 0 Å². The molecular formula is C20H28F2O11S. The molecular weight excluding hydrogens is 486 g/mol. The van der Waals surface area contributed by atoms with Gasteiger partial charge in [0.2, 0.25) is 12.2 Å². The van der Waals surface area contributed by atoms with E-state index in [-0.39, 0.29) is 6.42 Å². The summed E-state index contributed by atoms with van der Waals surface area (Å²) in [6.45, 7) is 2.52. The molecule has 0 aromatic rings. The summed E-state index contributed by atoms with van der Waals surface area (Å²) >= 11 is 0. The summed E-state index contributed by atoms with van der Waals surface area (Å²) in [5.41, 5.74) is -0.587. The molecule has 1 N–H and O–H groups in total. The maximum absolute atomic E-state index is 13.4. The van der Waals surface area contributed by atoms with E-state index >= 15 is 0 Å². The van der Waals surface area contributed by atoms with Gasteiger partial charge in [0.15, 0.2) is 6.10 Å². The molecule has 1 saturated carbocycles. The maximum atomic E-state index is 13.4. The van der Waals surface area contributed by atoms with Crippen LogP contribution in [0.15, 0.2) is 0 Å². The monoisotopic (exact) mass is 514 g/mol. The van der Waals surface area contributed by atoms with Crippen molar-refractivity contribution < 1.29 is 59.9 Å². The van der Waals surface area contributed by atoms with Crippen molar-refractivity contribution in [3.63, 3.8) is 0 Å². The van der Waals surface area contributed by atoms with E-state index in [2.05, 4.69) is 4.74 Å². The molecule has 0 radical (unpaired) electrons. The first-order valence-electron chi connectivity index (χ1n) is 10.9. The van der Waals surface area contributed by atoms with Gasteiger partial charge in [0.25, 0.3) is 0 Å². The van der Waals surface area contributed by atoms with Crippen LogP contribution in [0.4, 0.5) is 8.78 Å². The van der Waals surface area contributed by atoms with Crippen molar-refractivity contribution in [3.05, 3.63) is 0 Å². The van der Waals surface area contributed by atoms with Gasteiger partial charge in [0.05, 0.1) is 12.8 Å². The topological polar surface area (TPSA) is 160 Å². The molecule has 1 aliphatic carbocycles. The Morgan fingerprint density at radius 3 is 2.35 bits per heavy atom. The van der Waals surface area contributed by atoms with E-state index in [4.69, 9.17) is 18.8 Å². The number of halogens is 2. The molecule has 0 amide bonds. The van der Waals surface area contributed by atoms with E-state index in [1.54, 1.807) is 0 Å². The van der Waals surface area contributed by atoms with E-state index in [0.29, 0.717) is 13.3 Å². The summed E-state index contributed by atoms with van der Waals surface area (Å²) in [5, 5.41) is -4.74. The molecule has 1 aliphatic heterocycles. The fourth-order valence-corrected chi connectivity index (χ4v) is 4.38. The highest BCUT2D eigenvalue weighted by Crippen LogP contribution is 2.38. The van der Waals surface area contributed by atoms with Crippen LogP contribution in [-0.2, 0) is 48.2 Å². The van der Waals surface area contributed by atoms with Crippen molar-refractivity contribution in [1.29, 1.82) is 0 Å². The fraction of sp³-hybridized carbons (Fsp3) is 0.800. The summed E-state index contributed by atoms with van der Waals surface area (Å²) in [6, 6.07) is 0. The Kier molecular flexibility index (Phi) is 8.97. The standard InChI is InChI=1S/C20H28F2O11S/c1-3-8-19(9-4-5-10-19)33-18(26)14-11-13(17(25)32-14)31-16(24)7-6-15(23)30-12(2)20(21,22)34(27,28)29/h12-14H,3-11H2,1-2H3,(H,27,28,29). The first kappa shape index (κ1) is 27.9. The SMILES string of the molecule is CCCC1(OC(=O)C2CC(OC(=O)CCC(=O)OC(C)C(F)(F)S(=O)(=O)O)C(=O)O2)CCCC1. The van der Waals surface area contributed by atoms with Crippen LogP contribution in [0.2, 0.25) is 0 Å². The largest absolute Gasteiger partial charge is 0.456 e. The van der Waals surface area contributed by atoms with Crippen molar-refractivity contribution >= 4 is 34.0 Å². The lowest BCUT2D eigenvalue weighted by atomic mass is 9.96. The number of ether oxygens (including phenoxy) is 4. The normalized spacial score (nSPS) is 23.1. The second kappa shape index (κ2) is 10.9. The first-order valence-corrected chi connectivity index (χ1v) is 12.3. The first-order chi connectivity index (χ1) is 15.7. The van der Waals surface area contributed by atoms with Crippen LogP contribution in [0.1, 0.15) is 71.6 Å². The lowest BCUT2D eigenvalue weighted by Gasteiger charge is -2.29. The van der Waals surface area contributed by atoms with E-state index < -0.39 is 76.0 Å². The number of carbonyl (C=O) groups is 4. The third-order valence-electron chi connectivity index (χ3n) is 5.68. The molecule has 1 heterocycles. The van der Waals surface area contributed by atoms with Gasteiger partial charge in [-0.2, -0.15) is 17.2 Å². The van der Waals surface area contributed by atoms with E-state index in [1.807, 2.05) is 6.92 Å². The molecule has 11 nitrogen and oxygen atoms in total. The number of cyclic esters (lactones) is 1. The minimum Gasteiger partial charge on any atom is -0.456 e. The Labute approximate surface area is 195 Å². The molecule has 0 aromatic carbocycles. The van der Waals surface area contributed by atoms with E-state index in [0.717, 1.165) is 32.1 Å². The molecule has 0 aromatic heterocycles. The zero-order valence-electron chi connectivity index (χ0n) is 18.8. The van der Waals surface area contributed by atoms with Crippen LogP contribution in [0.3, 0.4) is 0 Å². The average molecular weight is 514 g/mol. The molecule has 2 rings (SSSR count). The predicted octanol–water partition coefficient (Wildman–Crippen LogP) is 2.06. The Balaban J connectivity index is 1.81. The number of esters is 4. The zero-order chi connectivity index (χ0) is 25.7. The van der Waals surface area contributed by atoms with Gasteiger partial charge in [-0.25, -0.2) is 9.59 Å². The lowest BCUT2D eigenvalue weighted by Crippen LogP contribution is -2.42. The Bertz CT molecular complexity index is 896. The second-order valence-electron chi connectivity index (χ2n) is 8.37. The van der Waals surface area contributed by atoms with Gasteiger partial charge >= 0.3 is 39.2 Å². The lowest BCUT2D eigenvalue weighted by molar-refractivity contribution is -0.175. The summed E-state index contributed by atoms with van der Waals surface area (Å²) in [6.07, 6.45) is -2.10. The summed E-state index contributed by atoms with van der Waals surface area (Å²) in [7, 11) is -5.82. The van der Waals surface area contributed by atoms with Crippen LogP contribution < -0.4 is 0 Å². The van der Waals surface area contributed by atoms with Crippen molar-refractivity contribution in [3.8, 4) is 0 Å². The average Bonchev–Trinajstić information content (AvgIpc) is 3.32. The number of hydrogen-bond donors (Lipinski definition) is 1. The second-order valence-corrected chi connectivity index (χ2v) is 9.86. The number of carbonyl (C=O) groups excluding carboxylic acids is 4. The molecule has 0 bridgehead atoms. The van der Waals surface area contributed by atoms with E-state index in [9.17, 15) is 36.4 Å². The summed E-state index contributed by atoms with van der Waals surface area (Å²) in [4.78, 5) is 48.1. The van der Waals surface area contributed by atoms with Crippen molar-refractivity contribution in [2.75, 3.05) is 0 Å². The van der Waals surface area contributed by atoms with Gasteiger partial charge in [0, 0.05) is 6.42 Å². The van der Waals surface area contributed by atoms with Crippen molar-refractivity contribution in [2.24, 2.45) is 0 Å². The van der Waals surface area contributed by atoms with Gasteiger partial charge < -0.3 is 18.9 Å². The highest BCUT2D eigenvalue weighted by Gasteiger charge is 2.52. The molecule has 3 unspecified atom stereocenters. The van der Waals surface area contributed by atoms with Crippen LogP contribution in [0.5, 0.6) is 0 Å². The summed E-state index contributed by atoms with van der Waals surface area (Å²) in [5.74, 6) is -4.11. The number of hydrogen-bond acceptors (Lipinski definition) is 10. The van der Waals surface area contributed by atoms with Gasteiger partial charge in [-0.3, -0.25) is 14.1 Å². The molecule has 0 spiro atoms. The third kappa shape index (κ3) is 6.84. The molecule has 2 fully saturated rings. The van der Waals surface area contributed by atoms with Gasteiger partial charge in [-0.15, -0.1) is 0 Å². The van der Waals surface area contributed by atoms with Crippen molar-refractivity contribution in [2.45, 2.75) is 101 Å². The third-order valence-corrected chi connectivity index (χ3v) is 6.70. The highest BCUT2D eigenvalue weighted by atomic mass is 32.2. The minimum absolute atomic E-state index is 0.270. The Hall–Kier alpha value is -2.35. The molecule has 34 heavy (non-hydrogen) atoms. The zero-order valence-corrected chi connectivity index (χ0v) is 19.6. The Morgan fingerprint density at radius 2 is 1.79 bits per heavy atom. The minimum atomic E-state index is -5.82. The smallest absolute Gasteiger partial charge is 0.405 e.